The van der Waals surface area contributed by atoms with Gasteiger partial charge in [0.05, 0.1) is 5.52 Å². The van der Waals surface area contributed by atoms with Crippen molar-refractivity contribution in [2.75, 3.05) is 5.32 Å². The smallest absolute Gasteiger partial charge is 0.203 e. The van der Waals surface area contributed by atoms with Crippen LogP contribution in [-0.2, 0) is 6.67 Å². The molecule has 0 aliphatic carbocycles. The summed E-state index contributed by atoms with van der Waals surface area (Å²) in [4.78, 5) is 8.70. The molecule has 5 aromatic rings. The Morgan fingerprint density at radius 2 is 1.86 bits per heavy atom. The highest BCUT2D eigenvalue weighted by Gasteiger charge is 2.16. The van der Waals surface area contributed by atoms with Gasteiger partial charge in [-0.1, -0.05) is 36.4 Å². The second-order valence-corrected chi connectivity index (χ2v) is 6.31. The zero-order valence-electron chi connectivity index (χ0n) is 15.1. The number of aromatic amines is 1. The molecule has 0 spiro atoms. The largest absolute Gasteiger partial charge is 0.320 e. The molecule has 0 saturated heterocycles. The number of nitrogens with one attached hydrogen (secondary N) is 2. The highest BCUT2D eigenvalue weighted by atomic mass is 19.1. The summed E-state index contributed by atoms with van der Waals surface area (Å²) in [6, 6.07) is 14.8. The fraction of sp³-hybridized carbons (Fsp3) is 0.0500. The molecule has 0 amide bonds. The maximum Gasteiger partial charge on any atom is 0.203 e. The van der Waals surface area contributed by atoms with Gasteiger partial charge in [0.25, 0.3) is 0 Å². The van der Waals surface area contributed by atoms with Gasteiger partial charge >= 0.3 is 0 Å². The van der Waals surface area contributed by atoms with E-state index >= 15 is 0 Å². The molecule has 0 radical (unpaired) electrons. The minimum absolute atomic E-state index is 0.324. The first-order chi connectivity index (χ1) is 14.3. The molecule has 0 saturated carbocycles. The van der Waals surface area contributed by atoms with Crippen molar-refractivity contribution in [3.05, 3.63) is 72.8 Å². The standard InChI is InChI=1S/C20H15FN8/c21-11-13-5-1-2-6-14(13)17-23-19(20(28-27-17)29-10-9-22-12-29)24-18-15-7-3-4-8-16(15)25-26-18/h1-10,12H,11H2,(H2,23,24,25,26,27). The van der Waals surface area contributed by atoms with Crippen molar-refractivity contribution in [2.24, 2.45) is 0 Å². The average molecular weight is 386 g/mol. The highest BCUT2D eigenvalue weighted by Crippen LogP contribution is 2.28. The maximum absolute atomic E-state index is 13.4. The predicted octanol–water partition coefficient (Wildman–Crippen LogP) is 3.81. The fourth-order valence-electron chi connectivity index (χ4n) is 3.10. The normalized spacial score (nSPS) is 11.1. The topological polar surface area (TPSA) is 97.2 Å². The second kappa shape index (κ2) is 7.12. The van der Waals surface area contributed by atoms with Crippen molar-refractivity contribution in [3.63, 3.8) is 0 Å². The van der Waals surface area contributed by atoms with E-state index in [-0.39, 0.29) is 0 Å². The van der Waals surface area contributed by atoms with Crippen molar-refractivity contribution in [1.82, 2.24) is 34.9 Å². The molecule has 0 unspecified atom stereocenters. The summed E-state index contributed by atoms with van der Waals surface area (Å²) in [6.45, 7) is -0.616. The van der Waals surface area contributed by atoms with Crippen LogP contribution >= 0.6 is 0 Å². The van der Waals surface area contributed by atoms with Gasteiger partial charge in [0.15, 0.2) is 17.5 Å². The lowest BCUT2D eigenvalue weighted by Crippen LogP contribution is -2.08. The fourth-order valence-corrected chi connectivity index (χ4v) is 3.10. The Morgan fingerprint density at radius 1 is 1.00 bits per heavy atom. The van der Waals surface area contributed by atoms with E-state index in [4.69, 9.17) is 0 Å². The summed E-state index contributed by atoms with van der Waals surface area (Å²) in [5.74, 6) is 1.81. The molecule has 0 atom stereocenters. The van der Waals surface area contributed by atoms with E-state index in [1.807, 2.05) is 30.3 Å². The third kappa shape index (κ3) is 3.08. The Balaban J connectivity index is 1.65. The number of fused-ring (bicyclic) bond motifs is 1. The molecule has 0 fully saturated rings. The minimum Gasteiger partial charge on any atom is -0.320 e. The van der Waals surface area contributed by atoms with Crippen LogP contribution in [0.3, 0.4) is 0 Å². The molecule has 8 nitrogen and oxygen atoms in total. The summed E-state index contributed by atoms with van der Waals surface area (Å²) in [5.41, 5.74) is 1.99. The molecule has 3 aromatic heterocycles. The first-order valence-corrected chi connectivity index (χ1v) is 8.91. The Kier molecular flexibility index (Phi) is 4.17. The van der Waals surface area contributed by atoms with E-state index in [1.54, 1.807) is 41.5 Å². The number of hydrogen-bond acceptors (Lipinski definition) is 6. The number of nitrogens with zero attached hydrogens (tertiary/aromatic N) is 6. The van der Waals surface area contributed by atoms with Gasteiger partial charge in [0.2, 0.25) is 5.82 Å². The molecular formula is C20H15FN8. The number of anilines is 2. The monoisotopic (exact) mass is 386 g/mol. The first-order valence-electron chi connectivity index (χ1n) is 8.91. The molecule has 5 rings (SSSR count). The van der Waals surface area contributed by atoms with Crippen LogP contribution in [0.2, 0.25) is 0 Å². The average Bonchev–Trinajstić information content (AvgIpc) is 3.44. The zero-order valence-corrected chi connectivity index (χ0v) is 15.1. The van der Waals surface area contributed by atoms with E-state index < -0.39 is 6.67 Å². The Hall–Kier alpha value is -4.14. The number of hydrogen-bond donors (Lipinski definition) is 2. The van der Waals surface area contributed by atoms with Crippen molar-refractivity contribution in [3.8, 4) is 17.2 Å². The van der Waals surface area contributed by atoms with E-state index in [2.05, 4.69) is 35.7 Å². The maximum atomic E-state index is 13.4. The van der Waals surface area contributed by atoms with Crippen molar-refractivity contribution >= 4 is 22.5 Å². The quantitative estimate of drug-likeness (QED) is 0.477. The molecule has 2 aromatic carbocycles. The molecule has 29 heavy (non-hydrogen) atoms. The van der Waals surface area contributed by atoms with Gasteiger partial charge < -0.3 is 5.32 Å². The summed E-state index contributed by atoms with van der Waals surface area (Å²) in [7, 11) is 0. The van der Waals surface area contributed by atoms with Gasteiger partial charge in [-0.05, 0) is 17.7 Å². The highest BCUT2D eigenvalue weighted by molar-refractivity contribution is 5.91. The second-order valence-electron chi connectivity index (χ2n) is 6.31. The summed E-state index contributed by atoms with van der Waals surface area (Å²) in [5, 5.41) is 20.0. The van der Waals surface area contributed by atoms with Gasteiger partial charge in [-0.2, -0.15) is 5.10 Å². The zero-order chi connectivity index (χ0) is 19.6. The summed E-state index contributed by atoms with van der Waals surface area (Å²) < 4.78 is 15.1. The van der Waals surface area contributed by atoms with Crippen LogP contribution in [0.1, 0.15) is 5.56 Å². The number of halogens is 1. The van der Waals surface area contributed by atoms with Crippen molar-refractivity contribution < 1.29 is 4.39 Å². The van der Waals surface area contributed by atoms with Crippen molar-refractivity contribution in [2.45, 2.75) is 6.67 Å². The van der Waals surface area contributed by atoms with Crippen molar-refractivity contribution in [1.29, 1.82) is 0 Å². The number of alkyl halides is 1. The molecule has 0 aliphatic heterocycles. The third-order valence-electron chi connectivity index (χ3n) is 4.53. The third-order valence-corrected chi connectivity index (χ3v) is 4.53. The van der Waals surface area contributed by atoms with Crippen LogP contribution in [-0.4, -0.2) is 34.9 Å². The lowest BCUT2D eigenvalue weighted by atomic mass is 10.1. The molecular weight excluding hydrogens is 371 g/mol. The lowest BCUT2D eigenvalue weighted by Gasteiger charge is -2.11. The SMILES string of the molecule is FCc1ccccc1-c1nnc(-n2ccnc2)c(Nc2n[nH]c3ccccc23)n1. The molecule has 2 N–H and O–H groups in total. The molecule has 142 valence electrons. The van der Waals surface area contributed by atoms with Crippen LogP contribution in [0, 0.1) is 0 Å². The summed E-state index contributed by atoms with van der Waals surface area (Å²) in [6.07, 6.45) is 4.99. The Labute approximate surface area is 164 Å². The van der Waals surface area contributed by atoms with Gasteiger partial charge in [-0.25, -0.2) is 14.4 Å². The number of para-hydroxylation sites is 1. The van der Waals surface area contributed by atoms with Gasteiger partial charge in [0.1, 0.15) is 13.0 Å². The van der Waals surface area contributed by atoms with Gasteiger partial charge in [0, 0.05) is 23.3 Å². The lowest BCUT2D eigenvalue weighted by molar-refractivity contribution is 0.486. The summed E-state index contributed by atoms with van der Waals surface area (Å²) >= 11 is 0. The van der Waals surface area contributed by atoms with Crippen LogP contribution in [0.5, 0.6) is 0 Å². The van der Waals surface area contributed by atoms with Gasteiger partial charge in [-0.15, -0.1) is 10.2 Å². The Morgan fingerprint density at radius 3 is 2.72 bits per heavy atom. The van der Waals surface area contributed by atoms with E-state index in [9.17, 15) is 4.39 Å². The molecule has 3 heterocycles. The number of aromatic nitrogens is 7. The number of benzene rings is 2. The van der Waals surface area contributed by atoms with Crippen LogP contribution in [0.25, 0.3) is 28.1 Å². The van der Waals surface area contributed by atoms with E-state index in [1.165, 1.54) is 0 Å². The van der Waals surface area contributed by atoms with Crippen LogP contribution in [0.15, 0.2) is 67.3 Å². The molecule has 9 heteroatoms. The predicted molar refractivity (Wildman–Crippen MR) is 107 cm³/mol. The first kappa shape index (κ1) is 17.0. The minimum atomic E-state index is -0.616. The van der Waals surface area contributed by atoms with Gasteiger partial charge in [-0.3, -0.25) is 9.67 Å². The van der Waals surface area contributed by atoms with E-state index in [0.717, 1.165) is 10.9 Å². The van der Waals surface area contributed by atoms with E-state index in [0.29, 0.717) is 34.4 Å². The van der Waals surface area contributed by atoms with Crippen LogP contribution < -0.4 is 5.32 Å². The Bertz CT molecular complexity index is 1280. The van der Waals surface area contributed by atoms with Crippen LogP contribution in [0.4, 0.5) is 16.0 Å². The number of imidazole rings is 1. The number of rotatable bonds is 5. The molecule has 0 bridgehead atoms. The number of H-pyrrole nitrogens is 1. The molecule has 0 aliphatic rings.